The van der Waals surface area contributed by atoms with Crippen LogP contribution in [0.3, 0.4) is 0 Å². The van der Waals surface area contributed by atoms with Gasteiger partial charge in [0, 0.05) is 32.4 Å². The number of aryl methyl sites for hydroxylation is 1. The number of hydrogen-bond donors (Lipinski definition) is 2. The van der Waals surface area contributed by atoms with E-state index in [9.17, 15) is 22.8 Å². The Bertz CT molecular complexity index is 1380. The van der Waals surface area contributed by atoms with Crippen molar-refractivity contribution in [2.24, 2.45) is 0 Å². The van der Waals surface area contributed by atoms with Gasteiger partial charge in [-0.3, -0.25) is 9.59 Å². The zero-order chi connectivity index (χ0) is 23.8. The van der Waals surface area contributed by atoms with E-state index in [-0.39, 0.29) is 17.0 Å². The second-order valence-corrected chi connectivity index (χ2v) is 8.18. The predicted octanol–water partition coefficient (Wildman–Crippen LogP) is 7.03. The molecule has 0 saturated carbocycles. The van der Waals surface area contributed by atoms with E-state index in [2.05, 4.69) is 26.6 Å². The molecule has 1 heterocycles. The lowest BCUT2D eigenvalue weighted by molar-refractivity contribution is -0.137. The van der Waals surface area contributed by atoms with E-state index in [0.29, 0.717) is 16.8 Å². The number of alkyl halides is 3. The van der Waals surface area contributed by atoms with Gasteiger partial charge in [0.1, 0.15) is 5.58 Å². The molecule has 0 spiro atoms. The number of benzene rings is 3. The Kier molecular flexibility index (Phi) is 5.99. The quantitative estimate of drug-likeness (QED) is 0.306. The number of rotatable bonds is 4. The van der Waals surface area contributed by atoms with Crippen LogP contribution in [-0.2, 0) is 6.18 Å². The molecule has 0 saturated heterocycles. The lowest BCUT2D eigenvalue weighted by Crippen LogP contribution is -2.15. The van der Waals surface area contributed by atoms with E-state index in [1.54, 1.807) is 31.2 Å². The van der Waals surface area contributed by atoms with Gasteiger partial charge in [0.25, 0.3) is 11.8 Å². The summed E-state index contributed by atoms with van der Waals surface area (Å²) < 4.78 is 45.2. The average molecular weight is 517 g/mol. The van der Waals surface area contributed by atoms with Crippen LogP contribution >= 0.6 is 15.9 Å². The summed E-state index contributed by atoms with van der Waals surface area (Å²) >= 11 is 3.39. The standard InChI is InChI=1S/C24H16BrF3N2O3/c1-13-19-12-16(25)8-9-20(19)33-21(13)23(32)30-17-6-2-4-14(10-17)22(31)29-18-7-3-5-15(11-18)24(26,27)28/h2-12H,1H3,(H,29,31)(H,30,32). The second-order valence-electron chi connectivity index (χ2n) is 7.26. The highest BCUT2D eigenvalue weighted by atomic mass is 79.9. The van der Waals surface area contributed by atoms with Crippen molar-refractivity contribution in [2.75, 3.05) is 10.6 Å². The predicted molar refractivity (Wildman–Crippen MR) is 122 cm³/mol. The molecular formula is C24H16BrF3N2O3. The fourth-order valence-electron chi connectivity index (χ4n) is 3.31. The third-order valence-corrected chi connectivity index (χ3v) is 5.43. The largest absolute Gasteiger partial charge is 0.451 e. The highest BCUT2D eigenvalue weighted by Gasteiger charge is 2.30. The Morgan fingerprint density at radius 2 is 1.55 bits per heavy atom. The molecule has 2 N–H and O–H groups in total. The lowest BCUT2D eigenvalue weighted by atomic mass is 10.1. The van der Waals surface area contributed by atoms with Crippen LogP contribution in [-0.4, -0.2) is 11.8 Å². The van der Waals surface area contributed by atoms with Gasteiger partial charge in [-0.15, -0.1) is 0 Å². The molecule has 4 rings (SSSR count). The first-order valence-electron chi connectivity index (χ1n) is 9.70. The highest BCUT2D eigenvalue weighted by Crippen LogP contribution is 2.31. The smallest absolute Gasteiger partial charge is 0.416 e. The van der Waals surface area contributed by atoms with Gasteiger partial charge in [-0.2, -0.15) is 13.2 Å². The van der Waals surface area contributed by atoms with Crippen LogP contribution in [0, 0.1) is 6.92 Å². The number of hydrogen-bond acceptors (Lipinski definition) is 3. The Morgan fingerprint density at radius 3 is 2.27 bits per heavy atom. The fourth-order valence-corrected chi connectivity index (χ4v) is 3.67. The van der Waals surface area contributed by atoms with Crippen molar-refractivity contribution in [3.8, 4) is 0 Å². The van der Waals surface area contributed by atoms with Crippen LogP contribution in [0.5, 0.6) is 0 Å². The van der Waals surface area contributed by atoms with Crippen molar-refractivity contribution < 1.29 is 27.2 Å². The van der Waals surface area contributed by atoms with Gasteiger partial charge in [-0.05, 0) is 61.5 Å². The minimum atomic E-state index is -4.52. The van der Waals surface area contributed by atoms with Gasteiger partial charge in [-0.25, -0.2) is 0 Å². The van der Waals surface area contributed by atoms with Crippen molar-refractivity contribution >= 4 is 50.1 Å². The molecule has 0 aliphatic carbocycles. The van der Waals surface area contributed by atoms with E-state index in [1.165, 1.54) is 24.3 Å². The number of carbonyl (C=O) groups excluding carboxylic acids is 2. The number of fused-ring (bicyclic) bond motifs is 1. The summed E-state index contributed by atoms with van der Waals surface area (Å²) in [6, 6.07) is 15.8. The molecule has 3 aromatic carbocycles. The fraction of sp³-hybridized carbons (Fsp3) is 0.0833. The number of furan rings is 1. The van der Waals surface area contributed by atoms with E-state index in [0.717, 1.165) is 22.0 Å². The van der Waals surface area contributed by atoms with E-state index >= 15 is 0 Å². The zero-order valence-corrected chi connectivity index (χ0v) is 18.7. The molecule has 33 heavy (non-hydrogen) atoms. The molecule has 0 aliphatic heterocycles. The number of anilines is 2. The molecule has 5 nitrogen and oxygen atoms in total. The van der Waals surface area contributed by atoms with Crippen LogP contribution in [0.2, 0.25) is 0 Å². The molecule has 168 valence electrons. The van der Waals surface area contributed by atoms with Crippen molar-refractivity contribution in [1.82, 2.24) is 0 Å². The van der Waals surface area contributed by atoms with Gasteiger partial charge in [0.15, 0.2) is 5.76 Å². The first kappa shape index (κ1) is 22.6. The monoisotopic (exact) mass is 516 g/mol. The summed E-state index contributed by atoms with van der Waals surface area (Å²) in [5.41, 5.74) is 0.869. The van der Waals surface area contributed by atoms with Crippen LogP contribution in [0.4, 0.5) is 24.5 Å². The number of halogens is 4. The second kappa shape index (κ2) is 8.74. The third-order valence-electron chi connectivity index (χ3n) is 4.93. The van der Waals surface area contributed by atoms with Crippen molar-refractivity contribution in [3.05, 3.63) is 93.7 Å². The van der Waals surface area contributed by atoms with Gasteiger partial charge < -0.3 is 15.1 Å². The van der Waals surface area contributed by atoms with E-state index < -0.39 is 23.6 Å². The molecule has 2 amide bonds. The van der Waals surface area contributed by atoms with Crippen molar-refractivity contribution in [3.63, 3.8) is 0 Å². The SMILES string of the molecule is Cc1c(C(=O)Nc2cccc(C(=O)Nc3cccc(C(F)(F)F)c3)c2)oc2ccc(Br)cc12. The summed E-state index contributed by atoms with van der Waals surface area (Å²) in [5, 5.41) is 5.93. The number of carbonyl (C=O) groups is 2. The summed E-state index contributed by atoms with van der Waals surface area (Å²) in [4.78, 5) is 25.3. The molecule has 1 aromatic heterocycles. The molecule has 0 unspecified atom stereocenters. The van der Waals surface area contributed by atoms with E-state index in [4.69, 9.17) is 4.42 Å². The Morgan fingerprint density at radius 1 is 0.879 bits per heavy atom. The summed E-state index contributed by atoms with van der Waals surface area (Å²) in [7, 11) is 0. The molecule has 9 heteroatoms. The van der Waals surface area contributed by atoms with Crippen LogP contribution in [0.1, 0.15) is 32.0 Å². The maximum atomic E-state index is 12.9. The molecule has 0 fully saturated rings. The maximum absolute atomic E-state index is 12.9. The lowest BCUT2D eigenvalue weighted by Gasteiger charge is -2.11. The molecule has 0 radical (unpaired) electrons. The number of amides is 2. The Balaban J connectivity index is 1.52. The molecule has 0 atom stereocenters. The summed E-state index contributed by atoms with van der Waals surface area (Å²) in [6.07, 6.45) is -4.52. The first-order chi connectivity index (χ1) is 15.6. The Hall–Kier alpha value is -3.59. The van der Waals surface area contributed by atoms with E-state index in [1.807, 2.05) is 6.07 Å². The molecule has 4 aromatic rings. The normalized spacial score (nSPS) is 11.4. The maximum Gasteiger partial charge on any atom is 0.416 e. The zero-order valence-electron chi connectivity index (χ0n) is 17.1. The van der Waals surface area contributed by atoms with Crippen LogP contribution in [0.15, 0.2) is 75.6 Å². The van der Waals surface area contributed by atoms with Gasteiger partial charge in [0.2, 0.25) is 0 Å². The summed E-state index contributed by atoms with van der Waals surface area (Å²) in [5.74, 6) is -0.965. The average Bonchev–Trinajstić information content (AvgIpc) is 3.09. The van der Waals surface area contributed by atoms with Gasteiger partial charge in [0.05, 0.1) is 5.56 Å². The minimum Gasteiger partial charge on any atom is -0.451 e. The highest BCUT2D eigenvalue weighted by molar-refractivity contribution is 9.10. The number of nitrogens with one attached hydrogen (secondary N) is 2. The van der Waals surface area contributed by atoms with Crippen LogP contribution in [0.25, 0.3) is 11.0 Å². The molecular weight excluding hydrogens is 501 g/mol. The Labute approximate surface area is 194 Å². The first-order valence-corrected chi connectivity index (χ1v) is 10.5. The van der Waals surface area contributed by atoms with Crippen LogP contribution < -0.4 is 10.6 Å². The minimum absolute atomic E-state index is 0.00771. The molecule has 0 aliphatic rings. The van der Waals surface area contributed by atoms with Crippen molar-refractivity contribution in [2.45, 2.75) is 13.1 Å². The summed E-state index contributed by atoms with van der Waals surface area (Å²) in [6.45, 7) is 1.77. The molecule has 0 bridgehead atoms. The van der Waals surface area contributed by atoms with Crippen molar-refractivity contribution in [1.29, 1.82) is 0 Å². The topological polar surface area (TPSA) is 71.3 Å². The van der Waals surface area contributed by atoms with Gasteiger partial charge in [-0.1, -0.05) is 28.1 Å². The third kappa shape index (κ3) is 4.93. The van der Waals surface area contributed by atoms with Gasteiger partial charge >= 0.3 is 6.18 Å².